The molecule has 1 N–H and O–H groups in total. The second kappa shape index (κ2) is 8.78. The molecule has 0 aliphatic heterocycles. The zero-order chi connectivity index (χ0) is 22.2. The first kappa shape index (κ1) is 21.3. The lowest BCUT2D eigenvalue weighted by Crippen LogP contribution is -2.27. The molecule has 0 radical (unpaired) electrons. The molecular weight excluding hydrogens is 436 g/mol. The normalized spacial score (nSPS) is 15.7. The van der Waals surface area contributed by atoms with Crippen molar-refractivity contribution in [2.75, 3.05) is 6.61 Å². The van der Waals surface area contributed by atoms with E-state index in [4.69, 9.17) is 9.72 Å². The first-order valence-electron chi connectivity index (χ1n) is 11.0. The average Bonchev–Trinajstić information content (AvgIpc) is 3.39. The van der Waals surface area contributed by atoms with Crippen molar-refractivity contribution in [2.45, 2.75) is 64.8 Å². The van der Waals surface area contributed by atoms with Crippen LogP contribution in [0.5, 0.6) is 11.5 Å². The zero-order valence-corrected chi connectivity index (χ0v) is 18.6. The van der Waals surface area contributed by atoms with Crippen molar-refractivity contribution in [3.05, 3.63) is 50.4 Å². The van der Waals surface area contributed by atoms with Crippen molar-refractivity contribution in [3.63, 3.8) is 0 Å². The number of rotatable bonds is 9. The summed E-state index contributed by atoms with van der Waals surface area (Å²) in [5.41, 5.74) is 2.06. The molecule has 0 spiro atoms. The molecule has 0 bridgehead atoms. The molecule has 1 fully saturated rings. The highest BCUT2D eigenvalue weighted by molar-refractivity contribution is 7.18. The summed E-state index contributed by atoms with van der Waals surface area (Å²) in [5.74, 6) is 1.00. The van der Waals surface area contributed by atoms with Crippen LogP contribution in [0.2, 0.25) is 0 Å². The van der Waals surface area contributed by atoms with Gasteiger partial charge in [-0.05, 0) is 62.3 Å². The molecule has 0 unspecified atom stereocenters. The number of aromatic nitrogens is 2. The predicted octanol–water partition coefficient (Wildman–Crippen LogP) is 4.64. The quantitative estimate of drug-likeness (QED) is 0.503. The van der Waals surface area contributed by atoms with Gasteiger partial charge >= 0.3 is 6.61 Å². The van der Waals surface area contributed by atoms with Crippen molar-refractivity contribution in [1.29, 1.82) is 0 Å². The topological polar surface area (TPSA) is 67.5 Å². The first-order chi connectivity index (χ1) is 15.5. The van der Waals surface area contributed by atoms with Crippen LogP contribution in [-0.2, 0) is 25.9 Å². The summed E-state index contributed by atoms with van der Waals surface area (Å²) >= 11 is 1.64. The highest BCUT2D eigenvalue weighted by Gasteiger charge is 2.30. The molecule has 2 aliphatic rings. The maximum atomic E-state index is 12.8. The van der Waals surface area contributed by atoms with Crippen LogP contribution in [0.15, 0.2) is 23.0 Å². The van der Waals surface area contributed by atoms with Gasteiger partial charge in [0.2, 0.25) is 0 Å². The van der Waals surface area contributed by atoms with Crippen molar-refractivity contribution in [3.8, 4) is 11.5 Å². The minimum atomic E-state index is -2.90. The molecule has 5 rings (SSSR count). The summed E-state index contributed by atoms with van der Waals surface area (Å²) in [6.07, 6.45) is 5.28. The molecule has 1 saturated carbocycles. The van der Waals surface area contributed by atoms with Gasteiger partial charge < -0.3 is 14.5 Å². The number of halogens is 2. The molecule has 2 aromatic heterocycles. The van der Waals surface area contributed by atoms with E-state index in [1.54, 1.807) is 30.4 Å². The SMILES string of the molecule is CCOc1cc(CN(Cc2nc3sc4c(c3c(=O)[nH]2)CCC4)C2CC2)ccc1OC(F)F. The Labute approximate surface area is 188 Å². The molecule has 3 aromatic rings. The van der Waals surface area contributed by atoms with Gasteiger partial charge in [-0.1, -0.05) is 6.07 Å². The molecule has 2 aliphatic carbocycles. The third-order valence-electron chi connectivity index (χ3n) is 5.95. The Morgan fingerprint density at radius 1 is 1.25 bits per heavy atom. The molecule has 170 valence electrons. The smallest absolute Gasteiger partial charge is 0.387 e. The van der Waals surface area contributed by atoms with E-state index in [1.165, 1.54) is 16.5 Å². The standard InChI is InChI=1S/C23H25F2N3O3S/c1-2-30-17-10-13(6-9-16(17)31-23(24)25)11-28(14-7-8-14)12-19-26-21(29)20-15-4-3-5-18(15)32-22(20)27-19/h6,9-10,14,23H,2-5,7-8,11-12H2,1H3,(H,26,27,29). The van der Waals surface area contributed by atoms with Gasteiger partial charge in [-0.3, -0.25) is 9.69 Å². The maximum Gasteiger partial charge on any atom is 0.387 e. The highest BCUT2D eigenvalue weighted by Crippen LogP contribution is 2.36. The monoisotopic (exact) mass is 461 g/mol. The van der Waals surface area contributed by atoms with Gasteiger partial charge in [0.25, 0.3) is 5.56 Å². The number of hydrogen-bond acceptors (Lipinski definition) is 6. The fourth-order valence-corrected chi connectivity index (χ4v) is 5.70. The van der Waals surface area contributed by atoms with Crippen molar-refractivity contribution in [2.24, 2.45) is 0 Å². The largest absolute Gasteiger partial charge is 0.490 e. The number of alkyl halides is 2. The average molecular weight is 462 g/mol. The zero-order valence-electron chi connectivity index (χ0n) is 17.8. The van der Waals surface area contributed by atoms with Gasteiger partial charge in [-0.25, -0.2) is 4.98 Å². The summed E-state index contributed by atoms with van der Waals surface area (Å²) in [5, 5.41) is 0.764. The number of benzene rings is 1. The number of nitrogens with one attached hydrogen (secondary N) is 1. The third kappa shape index (κ3) is 4.36. The van der Waals surface area contributed by atoms with E-state index in [2.05, 4.69) is 14.6 Å². The molecule has 32 heavy (non-hydrogen) atoms. The Balaban J connectivity index is 1.38. The fourth-order valence-electron chi connectivity index (χ4n) is 4.41. The fraction of sp³-hybridized carbons (Fsp3) is 0.478. The summed E-state index contributed by atoms with van der Waals surface area (Å²) in [7, 11) is 0. The number of aromatic amines is 1. The number of H-pyrrole nitrogens is 1. The van der Waals surface area contributed by atoms with Gasteiger partial charge in [-0.2, -0.15) is 8.78 Å². The van der Waals surface area contributed by atoms with Crippen LogP contribution < -0.4 is 15.0 Å². The molecule has 2 heterocycles. The van der Waals surface area contributed by atoms with E-state index in [9.17, 15) is 13.6 Å². The Bertz CT molecular complexity index is 1190. The Morgan fingerprint density at radius 3 is 2.84 bits per heavy atom. The van der Waals surface area contributed by atoms with Gasteiger partial charge in [0.15, 0.2) is 11.5 Å². The summed E-state index contributed by atoms with van der Waals surface area (Å²) in [6.45, 7) is 0.374. The molecule has 9 heteroatoms. The van der Waals surface area contributed by atoms with Crippen LogP contribution in [0.1, 0.15) is 48.0 Å². The molecular formula is C23H25F2N3O3S. The summed E-state index contributed by atoms with van der Waals surface area (Å²) < 4.78 is 35.5. The summed E-state index contributed by atoms with van der Waals surface area (Å²) in [6, 6.07) is 5.46. The highest BCUT2D eigenvalue weighted by atomic mass is 32.1. The maximum absolute atomic E-state index is 12.8. The summed E-state index contributed by atoms with van der Waals surface area (Å²) in [4.78, 5) is 25.0. The van der Waals surface area contributed by atoms with E-state index >= 15 is 0 Å². The van der Waals surface area contributed by atoms with Crippen molar-refractivity contribution >= 4 is 21.6 Å². The van der Waals surface area contributed by atoms with Crippen LogP contribution in [0.4, 0.5) is 8.78 Å². The number of aryl methyl sites for hydroxylation is 2. The van der Waals surface area contributed by atoms with E-state index in [1.807, 2.05) is 0 Å². The lowest BCUT2D eigenvalue weighted by Gasteiger charge is -2.22. The van der Waals surface area contributed by atoms with E-state index in [0.29, 0.717) is 37.3 Å². The van der Waals surface area contributed by atoms with Gasteiger partial charge in [0.1, 0.15) is 10.7 Å². The van der Waals surface area contributed by atoms with Crippen LogP contribution >= 0.6 is 11.3 Å². The first-order valence-corrected chi connectivity index (χ1v) is 11.8. The second-order valence-electron chi connectivity index (χ2n) is 8.28. The number of fused-ring (bicyclic) bond motifs is 3. The number of thiophene rings is 1. The third-order valence-corrected chi connectivity index (χ3v) is 7.14. The van der Waals surface area contributed by atoms with Crippen molar-refractivity contribution < 1.29 is 18.3 Å². The Morgan fingerprint density at radius 2 is 2.09 bits per heavy atom. The van der Waals surface area contributed by atoms with E-state index in [-0.39, 0.29) is 11.3 Å². The number of nitrogens with zero attached hydrogens (tertiary/aromatic N) is 2. The van der Waals surface area contributed by atoms with E-state index in [0.717, 1.165) is 47.9 Å². The van der Waals surface area contributed by atoms with Gasteiger partial charge in [0.05, 0.1) is 18.5 Å². The second-order valence-corrected chi connectivity index (χ2v) is 9.36. The number of hydrogen-bond donors (Lipinski definition) is 1. The van der Waals surface area contributed by atoms with E-state index < -0.39 is 6.61 Å². The predicted molar refractivity (Wildman–Crippen MR) is 119 cm³/mol. The molecule has 0 atom stereocenters. The molecule has 0 saturated heterocycles. The number of ether oxygens (including phenoxy) is 2. The van der Waals surface area contributed by atoms with Gasteiger partial charge in [-0.15, -0.1) is 11.3 Å². The van der Waals surface area contributed by atoms with Crippen LogP contribution in [0.25, 0.3) is 10.2 Å². The molecule has 1 aromatic carbocycles. The van der Waals surface area contributed by atoms with Gasteiger partial charge in [0, 0.05) is 17.5 Å². The van der Waals surface area contributed by atoms with Crippen LogP contribution in [-0.4, -0.2) is 34.1 Å². The Kier molecular flexibility index (Phi) is 5.86. The van der Waals surface area contributed by atoms with Crippen LogP contribution in [0, 0.1) is 0 Å². The molecule has 6 nitrogen and oxygen atoms in total. The van der Waals surface area contributed by atoms with Crippen LogP contribution in [0.3, 0.4) is 0 Å². The Hall–Kier alpha value is -2.52. The minimum Gasteiger partial charge on any atom is -0.490 e. The lowest BCUT2D eigenvalue weighted by molar-refractivity contribution is -0.0514. The molecule has 0 amide bonds. The lowest BCUT2D eigenvalue weighted by atomic mass is 10.1. The minimum absolute atomic E-state index is 0.0331. The van der Waals surface area contributed by atoms with Crippen molar-refractivity contribution in [1.82, 2.24) is 14.9 Å².